The number of hydrogen-bond acceptors (Lipinski definition) is 5. The number of carboxylic acids is 1. The van der Waals surface area contributed by atoms with Crippen LogP contribution in [-0.2, 0) is 4.74 Å². The number of anilines is 1. The summed E-state index contributed by atoms with van der Waals surface area (Å²) < 4.78 is 10.9. The fourth-order valence-corrected chi connectivity index (χ4v) is 2.08. The van der Waals surface area contributed by atoms with E-state index in [1.54, 1.807) is 13.2 Å². The Kier molecular flexibility index (Phi) is 4.80. The first-order valence-electron chi connectivity index (χ1n) is 6.96. The third-order valence-corrected chi connectivity index (χ3v) is 3.53. The Labute approximate surface area is 123 Å². The molecule has 1 heterocycles. The first-order valence-corrected chi connectivity index (χ1v) is 6.96. The molecule has 1 aromatic carbocycles. The minimum Gasteiger partial charge on any atom is -0.478 e. The monoisotopic (exact) mass is 292 g/mol. The van der Waals surface area contributed by atoms with Crippen LogP contribution in [0.4, 0.5) is 6.01 Å². The Morgan fingerprint density at radius 2 is 2.29 bits per heavy atom. The molecule has 0 aliphatic heterocycles. The van der Waals surface area contributed by atoms with Crippen LogP contribution < -0.4 is 4.90 Å². The summed E-state index contributed by atoms with van der Waals surface area (Å²) in [6.45, 7) is 5.43. The number of carboxylic acid groups (broad SMARTS) is 1. The molecule has 0 aliphatic carbocycles. The summed E-state index contributed by atoms with van der Waals surface area (Å²) in [5.41, 5.74) is 1.33. The molecular formula is C15H20N2O4. The number of ether oxygens (including phenoxy) is 1. The quantitative estimate of drug-likeness (QED) is 0.845. The lowest BCUT2D eigenvalue weighted by molar-refractivity contribution is 0.0697. The van der Waals surface area contributed by atoms with Crippen molar-refractivity contribution in [1.29, 1.82) is 0 Å². The van der Waals surface area contributed by atoms with Crippen LogP contribution in [0.15, 0.2) is 22.6 Å². The number of hydrogen-bond donors (Lipinski definition) is 1. The van der Waals surface area contributed by atoms with Gasteiger partial charge in [0.25, 0.3) is 6.01 Å². The van der Waals surface area contributed by atoms with Crippen LogP contribution >= 0.6 is 0 Å². The number of aromatic nitrogens is 1. The van der Waals surface area contributed by atoms with E-state index in [0.29, 0.717) is 30.3 Å². The van der Waals surface area contributed by atoms with Crippen LogP contribution in [0.3, 0.4) is 0 Å². The van der Waals surface area contributed by atoms with Crippen molar-refractivity contribution in [2.45, 2.75) is 26.3 Å². The lowest BCUT2D eigenvalue weighted by atomic mass is 10.2. The van der Waals surface area contributed by atoms with E-state index in [1.165, 1.54) is 12.1 Å². The molecule has 0 bridgehead atoms. The number of fused-ring (bicyclic) bond motifs is 1. The van der Waals surface area contributed by atoms with Crippen LogP contribution in [0.2, 0.25) is 0 Å². The maximum Gasteiger partial charge on any atom is 0.335 e. The highest BCUT2D eigenvalue weighted by Crippen LogP contribution is 2.25. The third kappa shape index (κ3) is 3.33. The van der Waals surface area contributed by atoms with E-state index < -0.39 is 5.97 Å². The van der Waals surface area contributed by atoms with Crippen LogP contribution in [0.5, 0.6) is 0 Å². The fourth-order valence-electron chi connectivity index (χ4n) is 2.08. The van der Waals surface area contributed by atoms with Crippen molar-refractivity contribution in [3.8, 4) is 0 Å². The van der Waals surface area contributed by atoms with E-state index in [2.05, 4.69) is 18.8 Å². The Morgan fingerprint density at radius 3 is 2.90 bits per heavy atom. The van der Waals surface area contributed by atoms with E-state index in [4.69, 9.17) is 14.3 Å². The highest BCUT2D eigenvalue weighted by Gasteiger charge is 2.19. The Morgan fingerprint density at radius 1 is 1.52 bits per heavy atom. The molecule has 0 fully saturated rings. The lowest BCUT2D eigenvalue weighted by Crippen LogP contribution is -2.35. The number of nitrogens with zero attached hydrogens (tertiary/aromatic N) is 2. The summed E-state index contributed by atoms with van der Waals surface area (Å²) >= 11 is 0. The number of methoxy groups -OCH3 is 1. The van der Waals surface area contributed by atoms with Crippen molar-refractivity contribution in [2.24, 2.45) is 0 Å². The summed E-state index contributed by atoms with van der Waals surface area (Å²) in [4.78, 5) is 17.5. The molecule has 1 unspecified atom stereocenters. The maximum atomic E-state index is 11.0. The number of benzene rings is 1. The van der Waals surface area contributed by atoms with Gasteiger partial charge in [-0.15, -0.1) is 0 Å². The van der Waals surface area contributed by atoms with Gasteiger partial charge in [-0.25, -0.2) is 4.79 Å². The first kappa shape index (κ1) is 15.3. The summed E-state index contributed by atoms with van der Waals surface area (Å²) in [7, 11) is 1.65. The predicted octanol–water partition coefficient (Wildman–Crippen LogP) is 2.78. The zero-order chi connectivity index (χ0) is 15.4. The molecular weight excluding hydrogens is 272 g/mol. The average molecular weight is 292 g/mol. The summed E-state index contributed by atoms with van der Waals surface area (Å²) in [5, 5.41) is 9.01. The van der Waals surface area contributed by atoms with Crippen molar-refractivity contribution in [1.82, 2.24) is 4.98 Å². The highest BCUT2D eigenvalue weighted by atomic mass is 16.5. The van der Waals surface area contributed by atoms with Gasteiger partial charge in [0.2, 0.25) is 0 Å². The van der Waals surface area contributed by atoms with Crippen molar-refractivity contribution in [3.63, 3.8) is 0 Å². The van der Waals surface area contributed by atoms with Crippen molar-refractivity contribution >= 4 is 23.1 Å². The molecule has 0 spiro atoms. The Hall–Kier alpha value is -2.08. The van der Waals surface area contributed by atoms with Crippen LogP contribution in [-0.4, -0.2) is 42.4 Å². The molecule has 1 N–H and O–H groups in total. The van der Waals surface area contributed by atoms with Crippen LogP contribution in [0.1, 0.15) is 30.6 Å². The van der Waals surface area contributed by atoms with Crippen molar-refractivity contribution in [2.75, 3.05) is 25.2 Å². The topological polar surface area (TPSA) is 75.8 Å². The summed E-state index contributed by atoms with van der Waals surface area (Å²) in [6, 6.07) is 5.45. The van der Waals surface area contributed by atoms with E-state index in [-0.39, 0.29) is 11.6 Å². The van der Waals surface area contributed by atoms with Crippen molar-refractivity contribution < 1.29 is 19.1 Å². The SMILES string of the molecule is CCC(C)N(CCOC)c1nc2ccc(C(=O)O)cc2o1. The molecule has 6 heteroatoms. The van der Waals surface area contributed by atoms with Gasteiger partial charge < -0.3 is 19.2 Å². The van der Waals surface area contributed by atoms with Gasteiger partial charge >= 0.3 is 5.97 Å². The minimum atomic E-state index is -0.979. The van der Waals surface area contributed by atoms with E-state index in [9.17, 15) is 4.79 Å². The van der Waals surface area contributed by atoms with Crippen LogP contribution in [0.25, 0.3) is 11.1 Å². The minimum absolute atomic E-state index is 0.192. The second-order valence-electron chi connectivity index (χ2n) is 4.93. The zero-order valence-corrected chi connectivity index (χ0v) is 12.5. The average Bonchev–Trinajstić information content (AvgIpc) is 2.89. The second-order valence-corrected chi connectivity index (χ2v) is 4.93. The summed E-state index contributed by atoms with van der Waals surface area (Å²) in [5.74, 6) is -0.979. The molecule has 21 heavy (non-hydrogen) atoms. The fraction of sp³-hybridized carbons (Fsp3) is 0.467. The zero-order valence-electron chi connectivity index (χ0n) is 12.5. The molecule has 2 aromatic rings. The molecule has 0 amide bonds. The van der Waals surface area contributed by atoms with Gasteiger partial charge in [0.1, 0.15) is 5.52 Å². The number of rotatable bonds is 7. The van der Waals surface area contributed by atoms with Gasteiger partial charge in [-0.1, -0.05) is 6.92 Å². The second kappa shape index (κ2) is 6.58. The van der Waals surface area contributed by atoms with Crippen molar-refractivity contribution in [3.05, 3.63) is 23.8 Å². The normalized spacial score (nSPS) is 12.5. The van der Waals surface area contributed by atoms with E-state index >= 15 is 0 Å². The Balaban J connectivity index is 2.36. The molecule has 0 saturated carbocycles. The molecule has 6 nitrogen and oxygen atoms in total. The van der Waals surface area contributed by atoms with Gasteiger partial charge in [-0.3, -0.25) is 0 Å². The third-order valence-electron chi connectivity index (χ3n) is 3.53. The van der Waals surface area contributed by atoms with E-state index in [0.717, 1.165) is 6.42 Å². The van der Waals surface area contributed by atoms with Gasteiger partial charge in [0.05, 0.1) is 12.2 Å². The highest BCUT2D eigenvalue weighted by molar-refractivity contribution is 5.92. The molecule has 0 radical (unpaired) electrons. The smallest absolute Gasteiger partial charge is 0.335 e. The number of carbonyl (C=O) groups is 1. The Bertz CT molecular complexity index is 623. The summed E-state index contributed by atoms with van der Waals surface area (Å²) in [6.07, 6.45) is 0.947. The molecule has 1 aromatic heterocycles. The first-order chi connectivity index (χ1) is 10.1. The van der Waals surface area contributed by atoms with Gasteiger partial charge in [0, 0.05) is 19.7 Å². The van der Waals surface area contributed by atoms with Gasteiger partial charge in [-0.2, -0.15) is 4.98 Å². The van der Waals surface area contributed by atoms with Crippen LogP contribution in [0, 0.1) is 0 Å². The lowest BCUT2D eigenvalue weighted by Gasteiger charge is -2.26. The molecule has 2 rings (SSSR count). The van der Waals surface area contributed by atoms with Gasteiger partial charge in [-0.05, 0) is 31.5 Å². The molecule has 1 atom stereocenters. The number of oxazole rings is 1. The van der Waals surface area contributed by atoms with Gasteiger partial charge in [0.15, 0.2) is 5.58 Å². The maximum absolute atomic E-state index is 11.0. The van der Waals surface area contributed by atoms with E-state index in [1.807, 2.05) is 4.90 Å². The largest absolute Gasteiger partial charge is 0.478 e. The molecule has 0 saturated heterocycles. The standard InChI is InChI=1S/C15H20N2O4/c1-4-10(2)17(7-8-20-3)15-16-12-6-5-11(14(18)19)9-13(12)21-15/h5-6,9-10H,4,7-8H2,1-3H3,(H,18,19). The predicted molar refractivity (Wildman–Crippen MR) is 79.9 cm³/mol. The number of aromatic carboxylic acids is 1. The molecule has 0 aliphatic rings. The molecule has 114 valence electrons.